The number of nitrogens with two attached hydrogens (primary N) is 1. The number of likely N-dealkylation sites (tertiary alicyclic amines) is 1. The Morgan fingerprint density at radius 2 is 2.17 bits per heavy atom. The number of hydrogen-bond acceptors (Lipinski definition) is 3. The van der Waals surface area contributed by atoms with Crippen LogP contribution in [0.4, 0.5) is 0 Å². The summed E-state index contributed by atoms with van der Waals surface area (Å²) in [7, 11) is 0. The number of hydrogen-bond donors (Lipinski definition) is 2. The van der Waals surface area contributed by atoms with E-state index in [4.69, 9.17) is 5.73 Å². The molecule has 0 aromatic rings. The Balaban J connectivity index is 2.46. The third-order valence-corrected chi connectivity index (χ3v) is 3.89. The highest BCUT2D eigenvalue weighted by molar-refractivity contribution is 5.80. The lowest BCUT2D eigenvalue weighted by atomic mass is 9.84. The summed E-state index contributed by atoms with van der Waals surface area (Å²) < 4.78 is 0. The molecule has 1 aliphatic heterocycles. The van der Waals surface area contributed by atoms with Crippen LogP contribution in [0.5, 0.6) is 0 Å². The van der Waals surface area contributed by atoms with Crippen LogP contribution in [0.2, 0.25) is 0 Å². The molecule has 0 bridgehead atoms. The van der Waals surface area contributed by atoms with E-state index >= 15 is 0 Å². The molecule has 0 radical (unpaired) electrons. The van der Waals surface area contributed by atoms with Crippen LogP contribution in [0.1, 0.15) is 46.0 Å². The Morgan fingerprint density at radius 1 is 1.50 bits per heavy atom. The molecule has 2 unspecified atom stereocenters. The number of amides is 1. The monoisotopic (exact) mass is 256 g/mol. The Bertz CT molecular complexity index is 317. The highest BCUT2D eigenvalue weighted by Crippen LogP contribution is 2.34. The second kappa shape index (κ2) is 6.18. The molecule has 0 saturated carbocycles. The second-order valence-corrected chi connectivity index (χ2v) is 5.37. The SMILES string of the molecule is CCC1(C(=O)O)CCN(C(=O)CCCC(C)N)C1. The van der Waals surface area contributed by atoms with E-state index in [2.05, 4.69) is 0 Å². The van der Waals surface area contributed by atoms with Gasteiger partial charge >= 0.3 is 5.97 Å². The van der Waals surface area contributed by atoms with Crippen molar-refractivity contribution in [2.45, 2.75) is 52.0 Å². The van der Waals surface area contributed by atoms with Crippen molar-refractivity contribution in [1.29, 1.82) is 0 Å². The molecule has 18 heavy (non-hydrogen) atoms. The van der Waals surface area contributed by atoms with E-state index in [1.807, 2.05) is 13.8 Å². The normalized spacial score (nSPS) is 25.2. The molecule has 0 spiro atoms. The molecular weight excluding hydrogens is 232 g/mol. The molecule has 0 aromatic carbocycles. The summed E-state index contributed by atoms with van der Waals surface area (Å²) in [4.78, 5) is 24.9. The summed E-state index contributed by atoms with van der Waals surface area (Å²) in [5.74, 6) is -0.719. The minimum atomic E-state index is -0.782. The largest absolute Gasteiger partial charge is 0.481 e. The number of carbonyl (C=O) groups excluding carboxylic acids is 1. The molecule has 1 heterocycles. The summed E-state index contributed by atoms with van der Waals surface area (Å²) >= 11 is 0. The molecule has 5 nitrogen and oxygen atoms in total. The molecule has 3 N–H and O–H groups in total. The minimum absolute atomic E-state index is 0.0622. The zero-order valence-electron chi connectivity index (χ0n) is 11.3. The van der Waals surface area contributed by atoms with Crippen LogP contribution in [-0.4, -0.2) is 41.0 Å². The Morgan fingerprint density at radius 3 is 2.61 bits per heavy atom. The smallest absolute Gasteiger partial charge is 0.311 e. The third-order valence-electron chi connectivity index (χ3n) is 3.89. The van der Waals surface area contributed by atoms with Gasteiger partial charge in [0.2, 0.25) is 5.91 Å². The lowest BCUT2D eigenvalue weighted by Gasteiger charge is -2.23. The van der Waals surface area contributed by atoms with E-state index in [0.29, 0.717) is 32.4 Å². The molecule has 0 aromatic heterocycles. The lowest BCUT2D eigenvalue weighted by molar-refractivity contribution is -0.148. The van der Waals surface area contributed by atoms with Gasteiger partial charge in [0.05, 0.1) is 5.41 Å². The molecule has 1 aliphatic rings. The maximum absolute atomic E-state index is 11.9. The molecule has 2 atom stereocenters. The van der Waals surface area contributed by atoms with Crippen molar-refractivity contribution in [2.75, 3.05) is 13.1 Å². The zero-order chi connectivity index (χ0) is 13.8. The first-order valence-corrected chi connectivity index (χ1v) is 6.68. The van der Waals surface area contributed by atoms with Gasteiger partial charge in [-0.25, -0.2) is 0 Å². The standard InChI is InChI=1S/C13H24N2O3/c1-3-13(12(17)18)7-8-15(9-13)11(16)6-4-5-10(2)14/h10H,3-9,14H2,1-2H3,(H,17,18). The quantitative estimate of drug-likeness (QED) is 0.748. The highest BCUT2D eigenvalue weighted by Gasteiger charge is 2.44. The summed E-state index contributed by atoms with van der Waals surface area (Å²) in [5.41, 5.74) is 4.91. The van der Waals surface area contributed by atoms with Crippen LogP contribution in [0, 0.1) is 5.41 Å². The van der Waals surface area contributed by atoms with Crippen molar-refractivity contribution < 1.29 is 14.7 Å². The fourth-order valence-corrected chi connectivity index (χ4v) is 2.43. The first-order valence-electron chi connectivity index (χ1n) is 6.68. The number of carbonyl (C=O) groups is 2. The maximum Gasteiger partial charge on any atom is 0.311 e. The molecule has 1 amide bonds. The van der Waals surface area contributed by atoms with E-state index in [9.17, 15) is 14.7 Å². The van der Waals surface area contributed by atoms with Gasteiger partial charge < -0.3 is 15.7 Å². The van der Waals surface area contributed by atoms with Gasteiger partial charge in [-0.05, 0) is 32.6 Å². The van der Waals surface area contributed by atoms with Gasteiger partial charge in [0.15, 0.2) is 0 Å². The van der Waals surface area contributed by atoms with Crippen LogP contribution in [-0.2, 0) is 9.59 Å². The van der Waals surface area contributed by atoms with Crippen molar-refractivity contribution in [1.82, 2.24) is 4.90 Å². The average molecular weight is 256 g/mol. The van der Waals surface area contributed by atoms with Crippen molar-refractivity contribution in [3.05, 3.63) is 0 Å². The molecular formula is C13H24N2O3. The molecule has 0 aliphatic carbocycles. The first-order chi connectivity index (χ1) is 8.41. The highest BCUT2D eigenvalue weighted by atomic mass is 16.4. The predicted molar refractivity (Wildman–Crippen MR) is 69.1 cm³/mol. The van der Waals surface area contributed by atoms with Gasteiger partial charge in [0, 0.05) is 25.6 Å². The molecule has 1 fully saturated rings. The van der Waals surface area contributed by atoms with Crippen molar-refractivity contribution in [3.8, 4) is 0 Å². The molecule has 104 valence electrons. The molecule has 1 rings (SSSR count). The summed E-state index contributed by atoms with van der Waals surface area (Å²) in [6.07, 6.45) is 3.22. The molecule has 5 heteroatoms. The van der Waals surface area contributed by atoms with Crippen molar-refractivity contribution in [3.63, 3.8) is 0 Å². The zero-order valence-corrected chi connectivity index (χ0v) is 11.3. The predicted octanol–water partition coefficient (Wildman–Crippen LogP) is 1.22. The Kier molecular flexibility index (Phi) is 5.14. The Hall–Kier alpha value is -1.10. The lowest BCUT2D eigenvalue weighted by Crippen LogP contribution is -2.36. The van der Waals surface area contributed by atoms with Gasteiger partial charge in [-0.3, -0.25) is 9.59 Å². The van der Waals surface area contributed by atoms with Crippen LogP contribution in [0.3, 0.4) is 0 Å². The number of rotatable bonds is 6. The van der Waals surface area contributed by atoms with Gasteiger partial charge in [-0.2, -0.15) is 0 Å². The van der Waals surface area contributed by atoms with Gasteiger partial charge in [-0.1, -0.05) is 6.92 Å². The third kappa shape index (κ3) is 3.45. The van der Waals surface area contributed by atoms with E-state index in [-0.39, 0.29) is 11.9 Å². The van der Waals surface area contributed by atoms with Gasteiger partial charge in [0.1, 0.15) is 0 Å². The van der Waals surface area contributed by atoms with E-state index in [1.54, 1.807) is 4.90 Å². The fraction of sp³-hybridized carbons (Fsp3) is 0.846. The second-order valence-electron chi connectivity index (χ2n) is 5.37. The van der Waals surface area contributed by atoms with Crippen LogP contribution in [0.15, 0.2) is 0 Å². The number of aliphatic carboxylic acids is 1. The average Bonchev–Trinajstić information content (AvgIpc) is 2.74. The summed E-state index contributed by atoms with van der Waals surface area (Å²) in [5, 5.41) is 9.26. The van der Waals surface area contributed by atoms with Crippen LogP contribution < -0.4 is 5.73 Å². The van der Waals surface area contributed by atoms with Crippen molar-refractivity contribution >= 4 is 11.9 Å². The number of nitrogens with zero attached hydrogens (tertiary/aromatic N) is 1. The Labute approximate surface area is 108 Å². The van der Waals surface area contributed by atoms with E-state index < -0.39 is 11.4 Å². The topological polar surface area (TPSA) is 83.6 Å². The van der Waals surface area contributed by atoms with E-state index in [0.717, 1.165) is 12.8 Å². The first kappa shape index (κ1) is 15.0. The number of carboxylic acid groups (broad SMARTS) is 1. The fourth-order valence-electron chi connectivity index (χ4n) is 2.43. The summed E-state index contributed by atoms with van der Waals surface area (Å²) in [6, 6.07) is 0.116. The van der Waals surface area contributed by atoms with Crippen LogP contribution in [0.25, 0.3) is 0 Å². The van der Waals surface area contributed by atoms with Gasteiger partial charge in [0.25, 0.3) is 0 Å². The molecule has 1 saturated heterocycles. The van der Waals surface area contributed by atoms with Gasteiger partial charge in [-0.15, -0.1) is 0 Å². The summed E-state index contributed by atoms with van der Waals surface area (Å²) in [6.45, 7) is 4.72. The number of carboxylic acids is 1. The van der Waals surface area contributed by atoms with E-state index in [1.165, 1.54) is 0 Å². The van der Waals surface area contributed by atoms with Crippen LogP contribution >= 0.6 is 0 Å². The van der Waals surface area contributed by atoms with Crippen molar-refractivity contribution in [2.24, 2.45) is 11.1 Å². The maximum atomic E-state index is 11.9. The minimum Gasteiger partial charge on any atom is -0.481 e.